The van der Waals surface area contributed by atoms with E-state index in [1.807, 2.05) is 35.2 Å². The zero-order valence-corrected chi connectivity index (χ0v) is 13.0. The van der Waals surface area contributed by atoms with E-state index < -0.39 is 0 Å². The van der Waals surface area contributed by atoms with Gasteiger partial charge >= 0.3 is 0 Å². The van der Waals surface area contributed by atoms with Crippen LogP contribution < -0.4 is 10.2 Å². The SMILES string of the molecule is N#Cc1cccc(NCCC(=O)N2CCCc3ccccc32)c1. The molecule has 116 valence electrons. The molecule has 1 aliphatic heterocycles. The van der Waals surface area contributed by atoms with E-state index >= 15 is 0 Å². The third kappa shape index (κ3) is 3.51. The van der Waals surface area contributed by atoms with E-state index in [0.29, 0.717) is 18.5 Å². The van der Waals surface area contributed by atoms with Crippen molar-refractivity contribution >= 4 is 17.3 Å². The Labute approximate surface area is 136 Å². The minimum Gasteiger partial charge on any atom is -0.384 e. The molecule has 4 nitrogen and oxygen atoms in total. The molecule has 3 rings (SSSR count). The van der Waals surface area contributed by atoms with Gasteiger partial charge in [0.15, 0.2) is 0 Å². The highest BCUT2D eigenvalue weighted by Crippen LogP contribution is 2.27. The van der Waals surface area contributed by atoms with Crippen LogP contribution >= 0.6 is 0 Å². The van der Waals surface area contributed by atoms with Gasteiger partial charge in [-0.2, -0.15) is 5.26 Å². The van der Waals surface area contributed by atoms with Gasteiger partial charge < -0.3 is 10.2 Å². The fourth-order valence-corrected chi connectivity index (χ4v) is 2.94. The molecule has 1 heterocycles. The van der Waals surface area contributed by atoms with Gasteiger partial charge in [0, 0.05) is 30.9 Å². The van der Waals surface area contributed by atoms with Crippen molar-refractivity contribution in [1.29, 1.82) is 5.26 Å². The van der Waals surface area contributed by atoms with E-state index in [4.69, 9.17) is 5.26 Å². The fourth-order valence-electron chi connectivity index (χ4n) is 2.94. The van der Waals surface area contributed by atoms with Gasteiger partial charge in [0.05, 0.1) is 11.6 Å². The Hall–Kier alpha value is -2.80. The number of amides is 1. The average Bonchev–Trinajstić information content (AvgIpc) is 2.61. The monoisotopic (exact) mass is 305 g/mol. The summed E-state index contributed by atoms with van der Waals surface area (Å²) >= 11 is 0. The Morgan fingerprint density at radius 2 is 2.09 bits per heavy atom. The van der Waals surface area contributed by atoms with Crippen LogP contribution in [0.1, 0.15) is 24.0 Å². The summed E-state index contributed by atoms with van der Waals surface area (Å²) in [6, 6.07) is 17.5. The summed E-state index contributed by atoms with van der Waals surface area (Å²) in [5, 5.41) is 12.1. The minimum atomic E-state index is 0.140. The first-order valence-electron chi connectivity index (χ1n) is 7.90. The number of para-hydroxylation sites is 1. The number of aryl methyl sites for hydroxylation is 1. The molecule has 0 spiro atoms. The van der Waals surface area contributed by atoms with Crippen LogP contribution in [0.25, 0.3) is 0 Å². The van der Waals surface area contributed by atoms with Crippen LogP contribution in [0, 0.1) is 11.3 Å². The van der Waals surface area contributed by atoms with Crippen LogP contribution in [0.2, 0.25) is 0 Å². The van der Waals surface area contributed by atoms with Crippen molar-refractivity contribution in [1.82, 2.24) is 0 Å². The number of carbonyl (C=O) groups excluding carboxylic acids is 1. The van der Waals surface area contributed by atoms with Crippen LogP contribution in [0.5, 0.6) is 0 Å². The average molecular weight is 305 g/mol. The van der Waals surface area contributed by atoms with E-state index in [2.05, 4.69) is 17.5 Å². The second-order valence-corrected chi connectivity index (χ2v) is 5.65. The molecule has 0 unspecified atom stereocenters. The Bertz CT molecular complexity index is 748. The zero-order valence-electron chi connectivity index (χ0n) is 13.0. The highest BCUT2D eigenvalue weighted by molar-refractivity contribution is 5.94. The van der Waals surface area contributed by atoms with Crippen molar-refractivity contribution in [3.63, 3.8) is 0 Å². The molecule has 0 aromatic heterocycles. The van der Waals surface area contributed by atoms with Crippen molar-refractivity contribution in [2.45, 2.75) is 19.3 Å². The number of carbonyl (C=O) groups is 1. The predicted octanol–water partition coefficient (Wildman–Crippen LogP) is 3.34. The highest BCUT2D eigenvalue weighted by atomic mass is 16.2. The lowest BCUT2D eigenvalue weighted by Crippen LogP contribution is -2.36. The summed E-state index contributed by atoms with van der Waals surface area (Å²) in [6.07, 6.45) is 2.49. The number of rotatable bonds is 4. The van der Waals surface area contributed by atoms with Gasteiger partial charge in [0.1, 0.15) is 0 Å². The number of nitrogens with zero attached hydrogens (tertiary/aromatic N) is 2. The first-order chi connectivity index (χ1) is 11.3. The predicted molar refractivity (Wildman–Crippen MR) is 91.4 cm³/mol. The molecule has 0 aliphatic carbocycles. The largest absolute Gasteiger partial charge is 0.384 e. The van der Waals surface area contributed by atoms with Gasteiger partial charge in [0.25, 0.3) is 0 Å². The van der Waals surface area contributed by atoms with Crippen molar-refractivity contribution in [3.05, 3.63) is 59.7 Å². The smallest absolute Gasteiger partial charge is 0.228 e. The van der Waals surface area contributed by atoms with Crippen molar-refractivity contribution in [2.24, 2.45) is 0 Å². The number of fused-ring (bicyclic) bond motifs is 1. The molecule has 1 amide bonds. The van der Waals surface area contributed by atoms with E-state index in [-0.39, 0.29) is 5.91 Å². The molecule has 0 bridgehead atoms. The molecule has 0 fully saturated rings. The zero-order chi connectivity index (χ0) is 16.1. The maximum Gasteiger partial charge on any atom is 0.228 e. The van der Waals surface area contributed by atoms with Gasteiger partial charge in [-0.05, 0) is 42.7 Å². The highest BCUT2D eigenvalue weighted by Gasteiger charge is 2.21. The lowest BCUT2D eigenvalue weighted by Gasteiger charge is -2.29. The van der Waals surface area contributed by atoms with Crippen molar-refractivity contribution in [2.75, 3.05) is 23.3 Å². The quantitative estimate of drug-likeness (QED) is 0.942. The number of benzene rings is 2. The number of nitriles is 1. The second kappa shape index (κ2) is 6.97. The summed E-state index contributed by atoms with van der Waals surface area (Å²) in [5.74, 6) is 0.140. The Morgan fingerprint density at radius 1 is 1.22 bits per heavy atom. The van der Waals surface area contributed by atoms with Gasteiger partial charge in [-0.3, -0.25) is 4.79 Å². The van der Waals surface area contributed by atoms with E-state index in [0.717, 1.165) is 30.8 Å². The van der Waals surface area contributed by atoms with Crippen LogP contribution in [-0.2, 0) is 11.2 Å². The molecule has 0 saturated heterocycles. The Balaban J connectivity index is 1.59. The summed E-state index contributed by atoms with van der Waals surface area (Å²) in [5.41, 5.74) is 3.79. The maximum absolute atomic E-state index is 12.5. The normalized spacial score (nSPS) is 13.1. The standard InChI is InChI=1S/C19H19N3O/c20-14-15-5-3-8-17(13-15)21-11-10-19(23)22-12-4-7-16-6-1-2-9-18(16)22/h1-3,5-6,8-9,13,21H,4,7,10-12H2. The molecule has 0 saturated carbocycles. The number of anilines is 2. The van der Waals surface area contributed by atoms with Gasteiger partial charge in [0.2, 0.25) is 5.91 Å². The molecular formula is C19H19N3O. The molecule has 1 N–H and O–H groups in total. The molecule has 2 aromatic carbocycles. The molecule has 23 heavy (non-hydrogen) atoms. The van der Waals surface area contributed by atoms with Crippen molar-refractivity contribution in [3.8, 4) is 6.07 Å². The number of hydrogen-bond donors (Lipinski definition) is 1. The van der Waals surface area contributed by atoms with Gasteiger partial charge in [-0.15, -0.1) is 0 Å². The van der Waals surface area contributed by atoms with E-state index in [1.165, 1.54) is 5.56 Å². The first kappa shape index (κ1) is 15.1. The van der Waals surface area contributed by atoms with E-state index in [1.54, 1.807) is 12.1 Å². The lowest BCUT2D eigenvalue weighted by atomic mass is 10.0. The molecular weight excluding hydrogens is 286 g/mol. The third-order valence-electron chi connectivity index (χ3n) is 4.07. The number of hydrogen-bond acceptors (Lipinski definition) is 3. The minimum absolute atomic E-state index is 0.140. The topological polar surface area (TPSA) is 56.1 Å². The van der Waals surface area contributed by atoms with Crippen LogP contribution in [-0.4, -0.2) is 19.0 Å². The first-order valence-corrected chi connectivity index (χ1v) is 7.90. The second-order valence-electron chi connectivity index (χ2n) is 5.65. The van der Waals surface area contributed by atoms with E-state index in [9.17, 15) is 4.79 Å². The summed E-state index contributed by atoms with van der Waals surface area (Å²) in [6.45, 7) is 1.35. The molecule has 0 radical (unpaired) electrons. The summed E-state index contributed by atoms with van der Waals surface area (Å²) in [7, 11) is 0. The van der Waals surface area contributed by atoms with Gasteiger partial charge in [-0.1, -0.05) is 24.3 Å². The Kier molecular flexibility index (Phi) is 4.58. The summed E-state index contributed by atoms with van der Waals surface area (Å²) < 4.78 is 0. The maximum atomic E-state index is 12.5. The van der Waals surface area contributed by atoms with Crippen molar-refractivity contribution < 1.29 is 4.79 Å². The van der Waals surface area contributed by atoms with Gasteiger partial charge in [-0.25, -0.2) is 0 Å². The van der Waals surface area contributed by atoms with Crippen LogP contribution in [0.4, 0.5) is 11.4 Å². The Morgan fingerprint density at radius 3 is 2.96 bits per heavy atom. The molecule has 2 aromatic rings. The van der Waals surface area contributed by atoms with Crippen LogP contribution in [0.15, 0.2) is 48.5 Å². The lowest BCUT2D eigenvalue weighted by molar-refractivity contribution is -0.118. The number of nitrogens with one attached hydrogen (secondary N) is 1. The summed E-state index contributed by atoms with van der Waals surface area (Å²) in [4.78, 5) is 14.4. The third-order valence-corrected chi connectivity index (χ3v) is 4.07. The molecule has 4 heteroatoms. The molecule has 1 aliphatic rings. The fraction of sp³-hybridized carbons (Fsp3) is 0.263. The molecule has 0 atom stereocenters. The van der Waals surface area contributed by atoms with Crippen LogP contribution in [0.3, 0.4) is 0 Å².